The second kappa shape index (κ2) is 4.88. The number of hydrogen-bond acceptors (Lipinski definition) is 1. The van der Waals surface area contributed by atoms with Gasteiger partial charge in [-0.05, 0) is 36.6 Å². The van der Waals surface area contributed by atoms with Crippen LogP contribution in [-0.2, 0) is 13.0 Å². The van der Waals surface area contributed by atoms with E-state index in [4.69, 9.17) is 0 Å². The highest BCUT2D eigenvalue weighted by molar-refractivity contribution is 5.75. The van der Waals surface area contributed by atoms with Gasteiger partial charge in [0.05, 0.1) is 11.0 Å². The lowest BCUT2D eigenvalue weighted by atomic mass is 10.1. The highest BCUT2D eigenvalue weighted by Gasteiger charge is 2.07. The van der Waals surface area contributed by atoms with Gasteiger partial charge in [0.25, 0.3) is 0 Å². The van der Waals surface area contributed by atoms with Gasteiger partial charge in [-0.1, -0.05) is 43.3 Å². The molecule has 0 radical (unpaired) electrons. The molecule has 0 spiro atoms. The van der Waals surface area contributed by atoms with Gasteiger partial charge in [0.15, 0.2) is 0 Å². The van der Waals surface area contributed by atoms with Crippen LogP contribution >= 0.6 is 0 Å². The summed E-state index contributed by atoms with van der Waals surface area (Å²) >= 11 is 0. The monoisotopic (exact) mass is 250 g/mol. The first-order valence-electron chi connectivity index (χ1n) is 6.77. The molecule has 0 atom stereocenters. The van der Waals surface area contributed by atoms with Gasteiger partial charge < -0.3 is 4.57 Å². The Morgan fingerprint density at radius 2 is 1.79 bits per heavy atom. The molecule has 3 aromatic rings. The summed E-state index contributed by atoms with van der Waals surface area (Å²) in [6, 6.07) is 17.1. The van der Waals surface area contributed by atoms with Crippen molar-refractivity contribution < 1.29 is 0 Å². The van der Waals surface area contributed by atoms with Crippen molar-refractivity contribution in [2.24, 2.45) is 0 Å². The average molecular weight is 250 g/mol. The SMILES string of the molecule is CCc1cccc(Cn2c(C)nc3ccccc32)c1. The summed E-state index contributed by atoms with van der Waals surface area (Å²) in [5, 5.41) is 0. The Hall–Kier alpha value is -2.09. The number of para-hydroxylation sites is 2. The smallest absolute Gasteiger partial charge is 0.107 e. The van der Waals surface area contributed by atoms with Gasteiger partial charge in [-0.3, -0.25) is 0 Å². The van der Waals surface area contributed by atoms with Crippen molar-refractivity contribution in [3.63, 3.8) is 0 Å². The highest BCUT2D eigenvalue weighted by atomic mass is 15.1. The maximum absolute atomic E-state index is 4.61. The Labute approximate surface area is 113 Å². The van der Waals surface area contributed by atoms with E-state index in [1.165, 1.54) is 16.6 Å². The molecule has 0 N–H and O–H groups in total. The molecule has 0 saturated heterocycles. The summed E-state index contributed by atoms with van der Waals surface area (Å²) in [4.78, 5) is 4.61. The molecule has 19 heavy (non-hydrogen) atoms. The number of benzene rings is 2. The molecule has 0 aliphatic rings. The number of nitrogens with zero attached hydrogens (tertiary/aromatic N) is 2. The van der Waals surface area contributed by atoms with Crippen LogP contribution in [0.1, 0.15) is 23.9 Å². The lowest BCUT2D eigenvalue weighted by molar-refractivity contribution is 0.784. The van der Waals surface area contributed by atoms with Crippen molar-refractivity contribution in [2.45, 2.75) is 26.8 Å². The van der Waals surface area contributed by atoms with E-state index in [9.17, 15) is 0 Å². The third-order valence-corrected chi connectivity index (χ3v) is 3.59. The molecular formula is C17H18N2. The maximum Gasteiger partial charge on any atom is 0.107 e. The summed E-state index contributed by atoms with van der Waals surface area (Å²) in [6.45, 7) is 5.15. The number of imidazole rings is 1. The molecule has 0 unspecified atom stereocenters. The normalized spacial score (nSPS) is 11.1. The van der Waals surface area contributed by atoms with E-state index in [-0.39, 0.29) is 0 Å². The fourth-order valence-electron chi connectivity index (χ4n) is 2.53. The van der Waals surface area contributed by atoms with Gasteiger partial charge in [0, 0.05) is 6.54 Å². The first-order chi connectivity index (χ1) is 9.28. The van der Waals surface area contributed by atoms with Crippen LogP contribution < -0.4 is 0 Å². The molecule has 0 aliphatic heterocycles. The van der Waals surface area contributed by atoms with E-state index < -0.39 is 0 Å². The van der Waals surface area contributed by atoms with Crippen LogP contribution in [0.2, 0.25) is 0 Å². The first-order valence-corrected chi connectivity index (χ1v) is 6.77. The minimum absolute atomic E-state index is 0.889. The average Bonchev–Trinajstić information content (AvgIpc) is 2.76. The molecule has 96 valence electrons. The number of fused-ring (bicyclic) bond motifs is 1. The Bertz CT molecular complexity index is 710. The summed E-state index contributed by atoms with van der Waals surface area (Å²) in [5.41, 5.74) is 5.01. The first kappa shape index (κ1) is 12.0. The van der Waals surface area contributed by atoms with Crippen LogP contribution in [0, 0.1) is 6.92 Å². The van der Waals surface area contributed by atoms with E-state index in [2.05, 4.69) is 65.9 Å². The Morgan fingerprint density at radius 1 is 1.00 bits per heavy atom. The van der Waals surface area contributed by atoms with Crippen molar-refractivity contribution >= 4 is 11.0 Å². The van der Waals surface area contributed by atoms with Crippen molar-refractivity contribution in [3.05, 3.63) is 65.5 Å². The summed E-state index contributed by atoms with van der Waals surface area (Å²) in [5.74, 6) is 1.07. The third kappa shape index (κ3) is 2.26. The van der Waals surface area contributed by atoms with E-state index in [0.717, 1.165) is 24.3 Å². The van der Waals surface area contributed by atoms with Crippen LogP contribution in [0.4, 0.5) is 0 Å². The molecular weight excluding hydrogens is 232 g/mol. The number of aromatic nitrogens is 2. The van der Waals surface area contributed by atoms with Crippen molar-refractivity contribution in [1.29, 1.82) is 0 Å². The van der Waals surface area contributed by atoms with Crippen LogP contribution in [-0.4, -0.2) is 9.55 Å². The van der Waals surface area contributed by atoms with E-state index in [1.54, 1.807) is 0 Å². The molecule has 1 heterocycles. The van der Waals surface area contributed by atoms with E-state index in [0.29, 0.717) is 0 Å². The van der Waals surface area contributed by atoms with E-state index in [1.807, 2.05) is 6.07 Å². The molecule has 2 aromatic carbocycles. The summed E-state index contributed by atoms with van der Waals surface area (Å²) < 4.78 is 2.28. The zero-order valence-electron chi connectivity index (χ0n) is 11.4. The molecule has 0 amide bonds. The predicted molar refractivity (Wildman–Crippen MR) is 79.4 cm³/mol. The lowest BCUT2D eigenvalue weighted by Gasteiger charge is -2.08. The Morgan fingerprint density at radius 3 is 2.63 bits per heavy atom. The molecule has 1 aromatic heterocycles. The van der Waals surface area contributed by atoms with Crippen LogP contribution in [0.15, 0.2) is 48.5 Å². The molecule has 0 aliphatic carbocycles. The second-order valence-corrected chi connectivity index (χ2v) is 4.91. The summed E-state index contributed by atoms with van der Waals surface area (Å²) in [7, 11) is 0. The van der Waals surface area contributed by atoms with Gasteiger partial charge in [-0.15, -0.1) is 0 Å². The minimum atomic E-state index is 0.889. The second-order valence-electron chi connectivity index (χ2n) is 4.91. The van der Waals surface area contributed by atoms with Crippen LogP contribution in [0.3, 0.4) is 0 Å². The van der Waals surface area contributed by atoms with Crippen molar-refractivity contribution in [2.75, 3.05) is 0 Å². The maximum atomic E-state index is 4.61. The number of hydrogen-bond donors (Lipinski definition) is 0. The Balaban J connectivity index is 2.02. The van der Waals surface area contributed by atoms with Gasteiger partial charge in [0.2, 0.25) is 0 Å². The quantitative estimate of drug-likeness (QED) is 0.688. The predicted octanol–water partition coefficient (Wildman–Crippen LogP) is 3.96. The zero-order valence-corrected chi connectivity index (χ0v) is 11.4. The van der Waals surface area contributed by atoms with Crippen LogP contribution in [0.25, 0.3) is 11.0 Å². The topological polar surface area (TPSA) is 17.8 Å². The van der Waals surface area contributed by atoms with Gasteiger partial charge in [0.1, 0.15) is 5.82 Å². The molecule has 0 saturated carbocycles. The molecule has 0 bridgehead atoms. The largest absolute Gasteiger partial charge is 0.324 e. The Kier molecular flexibility index (Phi) is 3.08. The molecule has 2 heteroatoms. The highest BCUT2D eigenvalue weighted by Crippen LogP contribution is 2.17. The van der Waals surface area contributed by atoms with Gasteiger partial charge >= 0.3 is 0 Å². The summed E-state index contributed by atoms with van der Waals surface area (Å²) in [6.07, 6.45) is 1.08. The standard InChI is InChI=1S/C17H18N2/c1-3-14-7-6-8-15(11-14)12-19-13(2)18-16-9-4-5-10-17(16)19/h4-11H,3,12H2,1-2H3. The van der Waals surface area contributed by atoms with Crippen LogP contribution in [0.5, 0.6) is 0 Å². The number of aryl methyl sites for hydroxylation is 2. The fraction of sp³-hybridized carbons (Fsp3) is 0.235. The lowest BCUT2D eigenvalue weighted by Crippen LogP contribution is -2.02. The number of rotatable bonds is 3. The van der Waals surface area contributed by atoms with Crippen molar-refractivity contribution in [3.8, 4) is 0 Å². The molecule has 0 fully saturated rings. The zero-order chi connectivity index (χ0) is 13.2. The van der Waals surface area contributed by atoms with Gasteiger partial charge in [-0.25, -0.2) is 4.98 Å². The molecule has 2 nitrogen and oxygen atoms in total. The minimum Gasteiger partial charge on any atom is -0.324 e. The van der Waals surface area contributed by atoms with E-state index >= 15 is 0 Å². The third-order valence-electron chi connectivity index (χ3n) is 3.59. The fourth-order valence-corrected chi connectivity index (χ4v) is 2.53. The van der Waals surface area contributed by atoms with Crippen molar-refractivity contribution in [1.82, 2.24) is 9.55 Å². The van der Waals surface area contributed by atoms with Gasteiger partial charge in [-0.2, -0.15) is 0 Å². The molecule has 3 rings (SSSR count).